The van der Waals surface area contributed by atoms with Crippen LogP contribution in [0, 0.1) is 26.0 Å². The van der Waals surface area contributed by atoms with E-state index in [0.29, 0.717) is 18.4 Å². The van der Waals surface area contributed by atoms with Crippen molar-refractivity contribution in [2.45, 2.75) is 77.2 Å². The zero-order valence-electron chi connectivity index (χ0n) is 36.0. The summed E-state index contributed by atoms with van der Waals surface area (Å²) in [7, 11) is 0. The number of hydrogen-bond donors (Lipinski definition) is 0. The summed E-state index contributed by atoms with van der Waals surface area (Å²) in [4.78, 5) is 14.5. The van der Waals surface area contributed by atoms with E-state index in [1.807, 2.05) is 30.5 Å². The third-order valence-electron chi connectivity index (χ3n) is 11.3. The van der Waals surface area contributed by atoms with Crippen molar-refractivity contribution >= 4 is 50.8 Å². The van der Waals surface area contributed by atoms with Gasteiger partial charge in [-0.15, -0.1) is 11.6 Å². The van der Waals surface area contributed by atoms with Crippen LogP contribution >= 0.6 is 0 Å². The van der Waals surface area contributed by atoms with E-state index in [4.69, 9.17) is 14.4 Å². The maximum absolute atomic E-state index is 6.46. The van der Waals surface area contributed by atoms with Crippen molar-refractivity contribution in [3.8, 4) is 33.8 Å². The molecule has 9 rings (SSSR count). The molecule has 0 bridgehead atoms. The molecule has 0 aliphatic rings. The van der Waals surface area contributed by atoms with Gasteiger partial charge in [-0.1, -0.05) is 94.4 Å². The summed E-state index contributed by atoms with van der Waals surface area (Å²) in [5.74, 6) is 8.71. The molecule has 5 nitrogen and oxygen atoms in total. The number of nitrogens with zero attached hydrogens (tertiary/aromatic N) is 4. The molecule has 0 unspecified atom stereocenters. The van der Waals surface area contributed by atoms with Gasteiger partial charge in [0.25, 0.3) is 0 Å². The van der Waals surface area contributed by atoms with Gasteiger partial charge >= 0.3 is 106 Å². The van der Waals surface area contributed by atoms with Crippen molar-refractivity contribution in [3.05, 3.63) is 168 Å². The number of para-hydroxylation sites is 2. The van der Waals surface area contributed by atoms with E-state index in [0.717, 1.165) is 61.3 Å². The summed E-state index contributed by atoms with van der Waals surface area (Å²) in [5, 5.41) is 1.05. The first-order valence-corrected chi connectivity index (χ1v) is 28.0. The molecule has 0 amide bonds. The number of benzene rings is 5. The van der Waals surface area contributed by atoms with Gasteiger partial charge in [0.15, 0.2) is 0 Å². The molecule has 4 heterocycles. The Morgan fingerprint density at radius 1 is 0.733 bits per heavy atom. The molecular formula is C53H52GeIrN4O-2. The van der Waals surface area contributed by atoms with E-state index in [2.05, 4.69) is 171 Å². The molecular weight excluding hydrogens is 973 g/mol. The Morgan fingerprint density at radius 2 is 1.45 bits per heavy atom. The van der Waals surface area contributed by atoms with Crippen LogP contribution in [0.3, 0.4) is 0 Å². The van der Waals surface area contributed by atoms with Crippen LogP contribution in [0.15, 0.2) is 132 Å². The van der Waals surface area contributed by atoms with Gasteiger partial charge in [0.2, 0.25) is 0 Å². The molecule has 0 aliphatic heterocycles. The predicted octanol–water partition coefficient (Wildman–Crippen LogP) is 13.5. The minimum absolute atomic E-state index is 0. The smallest absolute Gasteiger partial charge is 0.119 e. The maximum atomic E-state index is 6.46. The Hall–Kier alpha value is -5.14. The molecule has 305 valence electrons. The van der Waals surface area contributed by atoms with Crippen molar-refractivity contribution in [1.82, 2.24) is 19.5 Å². The molecule has 9 aromatic rings. The fraction of sp³-hybridized carbons (Fsp3) is 0.226. The normalized spacial score (nSPS) is 11.7. The first-order chi connectivity index (χ1) is 28.4. The van der Waals surface area contributed by atoms with Crippen molar-refractivity contribution in [3.63, 3.8) is 0 Å². The first-order valence-electron chi connectivity index (χ1n) is 20.7. The van der Waals surface area contributed by atoms with Crippen LogP contribution in [0.25, 0.3) is 66.9 Å². The second-order valence-electron chi connectivity index (χ2n) is 17.3. The average Bonchev–Trinajstić information content (AvgIpc) is 3.80. The number of fused-ring (bicyclic) bond motifs is 4. The van der Waals surface area contributed by atoms with Crippen LogP contribution < -0.4 is 4.40 Å². The van der Waals surface area contributed by atoms with Gasteiger partial charge < -0.3 is 8.98 Å². The van der Waals surface area contributed by atoms with Crippen molar-refractivity contribution in [2.24, 2.45) is 0 Å². The van der Waals surface area contributed by atoms with E-state index in [9.17, 15) is 0 Å². The van der Waals surface area contributed by atoms with E-state index in [-0.39, 0.29) is 20.1 Å². The van der Waals surface area contributed by atoms with Gasteiger partial charge in [0, 0.05) is 37.9 Å². The van der Waals surface area contributed by atoms with Gasteiger partial charge in [0.05, 0.1) is 22.1 Å². The van der Waals surface area contributed by atoms with Gasteiger partial charge in [-0.25, -0.2) is 0 Å². The quantitative estimate of drug-likeness (QED) is 0.112. The number of aryl methyl sites for hydroxylation is 2. The summed E-state index contributed by atoms with van der Waals surface area (Å²) >= 11 is -1.73. The Labute approximate surface area is 371 Å². The number of imidazole rings is 1. The third-order valence-corrected chi connectivity index (χ3v) is 15.5. The van der Waals surface area contributed by atoms with E-state index in [1.54, 1.807) is 6.20 Å². The zero-order chi connectivity index (χ0) is 41.4. The first kappa shape index (κ1) is 43.0. The van der Waals surface area contributed by atoms with Crippen LogP contribution in [-0.4, -0.2) is 32.8 Å². The van der Waals surface area contributed by atoms with Crippen LogP contribution in [0.2, 0.25) is 17.3 Å². The Kier molecular flexibility index (Phi) is 12.8. The summed E-state index contributed by atoms with van der Waals surface area (Å²) in [6, 6.07) is 47.2. The Bertz CT molecular complexity index is 2880. The topological polar surface area (TPSA) is 56.7 Å². The second-order valence-corrected chi connectivity index (χ2v) is 27.9. The van der Waals surface area contributed by atoms with Crippen molar-refractivity contribution < 1.29 is 24.5 Å². The third kappa shape index (κ3) is 8.70. The zero-order valence-corrected chi connectivity index (χ0v) is 40.5. The van der Waals surface area contributed by atoms with Crippen molar-refractivity contribution in [2.75, 3.05) is 0 Å². The Morgan fingerprint density at radius 3 is 2.10 bits per heavy atom. The van der Waals surface area contributed by atoms with Crippen molar-refractivity contribution in [1.29, 1.82) is 0 Å². The predicted molar refractivity (Wildman–Crippen MR) is 249 cm³/mol. The number of rotatable bonds is 8. The monoisotopic (exact) mass is 1030 g/mol. The molecule has 0 spiro atoms. The summed E-state index contributed by atoms with van der Waals surface area (Å²) in [6.07, 6.45) is 3.81. The fourth-order valence-corrected chi connectivity index (χ4v) is 10.1. The average molecular weight is 1030 g/mol. The molecule has 0 atom stereocenters. The molecule has 0 N–H and O–H groups in total. The molecule has 0 saturated heterocycles. The van der Waals surface area contributed by atoms with Gasteiger partial charge in [0.1, 0.15) is 5.58 Å². The van der Waals surface area contributed by atoms with Crippen LogP contribution in [0.1, 0.15) is 67.3 Å². The molecule has 60 heavy (non-hydrogen) atoms. The van der Waals surface area contributed by atoms with Crippen LogP contribution in [0.4, 0.5) is 0 Å². The molecule has 5 aromatic carbocycles. The van der Waals surface area contributed by atoms with E-state index >= 15 is 0 Å². The van der Waals surface area contributed by atoms with Gasteiger partial charge in [-0.2, -0.15) is 0 Å². The van der Waals surface area contributed by atoms with Crippen LogP contribution in [0.5, 0.6) is 0 Å². The summed E-state index contributed by atoms with van der Waals surface area (Å²) in [5.41, 5.74) is 16.4. The summed E-state index contributed by atoms with van der Waals surface area (Å²) in [6.45, 7) is 14.0. The molecule has 7 heteroatoms. The molecule has 0 fully saturated rings. The van der Waals surface area contributed by atoms with Gasteiger partial charge in [-0.3, -0.25) is 9.97 Å². The number of hydrogen-bond acceptors (Lipinski definition) is 4. The molecule has 0 aliphatic carbocycles. The second kappa shape index (κ2) is 17.8. The maximum Gasteiger partial charge on any atom is 0.119 e. The van der Waals surface area contributed by atoms with E-state index in [1.165, 1.54) is 37.8 Å². The number of aromatic nitrogens is 4. The van der Waals surface area contributed by atoms with Crippen LogP contribution in [-0.2, 0) is 26.7 Å². The molecule has 0 saturated carbocycles. The SMILES string of the molecule is Cc1c[c-]c(-c2cc[c]([Ge]([CH3])([CH3])[CH3])cn2)cc1.Cc1cccc2oc3c(-c4nc5ccccc5n4Cc4c(C(C)C)cc(-c5ccccc5)cc4C(C)C)[c-]cnc3c12.[Ir]. The molecule has 1 radical (unpaired) electrons. The number of pyridine rings is 2. The molecule has 4 aromatic heterocycles. The van der Waals surface area contributed by atoms with E-state index < -0.39 is 13.3 Å². The number of furan rings is 1. The Balaban J connectivity index is 0.000000255. The minimum atomic E-state index is -1.73. The van der Waals surface area contributed by atoms with Gasteiger partial charge in [-0.05, 0) is 76.5 Å². The largest absolute Gasteiger partial charge is 0.513 e. The standard InChI is InChI=1S/C38H34N3O.C15H18GeN.Ir/c1-23(2)29-20-27(26-13-7-6-8-14-26)21-30(24(3)4)31(29)22-41-33-16-10-9-15-32(33)40-38(41)28-18-19-39-36-35-25(5)12-11-17-34(35)42-37(28)36;1-12-5-7-13(8-6-12)15-10-9-14(11-17-15)16(2,3)4;/h6-17,19-21,23-24H,22H2,1-5H3;5-7,9-11H,1-4H3;/q2*-1;. The fourth-order valence-electron chi connectivity index (χ4n) is 7.96. The summed E-state index contributed by atoms with van der Waals surface area (Å²) < 4.78 is 10.3. The minimum Gasteiger partial charge on any atom is -0.513 e.